The van der Waals surface area contributed by atoms with Crippen molar-refractivity contribution in [3.05, 3.63) is 35.6 Å². The van der Waals surface area contributed by atoms with Gasteiger partial charge in [0.05, 0.1) is 0 Å². The van der Waals surface area contributed by atoms with Gasteiger partial charge in [0.15, 0.2) is 0 Å². The normalized spacial score (nSPS) is 21.2. The van der Waals surface area contributed by atoms with Crippen LogP contribution in [-0.2, 0) is 6.54 Å². The van der Waals surface area contributed by atoms with E-state index in [9.17, 15) is 0 Å². The van der Waals surface area contributed by atoms with Crippen LogP contribution in [-0.4, -0.2) is 24.0 Å². The van der Waals surface area contributed by atoms with Crippen LogP contribution in [0.2, 0.25) is 0 Å². The van der Waals surface area contributed by atoms with E-state index in [0.717, 1.165) is 24.4 Å². The van der Waals surface area contributed by atoms with Crippen LogP contribution in [0.25, 0.3) is 11.0 Å². The molecule has 0 amide bonds. The zero-order valence-corrected chi connectivity index (χ0v) is 13.7. The number of aryl methyl sites for hydroxylation is 1. The molecule has 1 aromatic carbocycles. The smallest absolute Gasteiger partial charge is 0.134 e. The van der Waals surface area contributed by atoms with Crippen LogP contribution in [0, 0.1) is 12.8 Å². The monoisotopic (exact) mass is 308 g/mol. The van der Waals surface area contributed by atoms with E-state index >= 15 is 0 Å². The SMILES string of the molecule is Cc1oc2ccccc2c1CN1CCCC(C(C)N)C1.Cl. The second kappa shape index (κ2) is 6.82. The molecule has 2 atom stereocenters. The van der Waals surface area contributed by atoms with Crippen molar-refractivity contribution in [1.29, 1.82) is 0 Å². The molecule has 1 saturated heterocycles. The minimum atomic E-state index is 0. The van der Waals surface area contributed by atoms with E-state index in [1.807, 2.05) is 12.1 Å². The quantitative estimate of drug-likeness (QED) is 0.939. The predicted molar refractivity (Wildman–Crippen MR) is 89.8 cm³/mol. The van der Waals surface area contributed by atoms with Gasteiger partial charge in [0.2, 0.25) is 0 Å². The molecule has 3 rings (SSSR count). The van der Waals surface area contributed by atoms with E-state index < -0.39 is 0 Å². The zero-order chi connectivity index (χ0) is 14.1. The van der Waals surface area contributed by atoms with E-state index in [2.05, 4.69) is 30.9 Å². The molecule has 1 aromatic heterocycles. The fourth-order valence-corrected chi connectivity index (χ4v) is 3.31. The lowest BCUT2D eigenvalue weighted by molar-refractivity contribution is 0.154. The lowest BCUT2D eigenvalue weighted by Crippen LogP contribution is -2.41. The predicted octanol–water partition coefficient (Wildman–Crippen LogP) is 3.72. The molecule has 0 radical (unpaired) electrons. The van der Waals surface area contributed by atoms with Crippen LogP contribution in [0.3, 0.4) is 0 Å². The van der Waals surface area contributed by atoms with Gasteiger partial charge < -0.3 is 10.2 Å². The summed E-state index contributed by atoms with van der Waals surface area (Å²) in [6, 6.07) is 8.62. The average Bonchev–Trinajstić information content (AvgIpc) is 2.76. The molecular formula is C17H25ClN2O. The third kappa shape index (κ3) is 3.42. The standard InChI is InChI=1S/C17H24N2O.ClH/c1-12(18)14-6-5-9-19(10-14)11-16-13(2)20-17-8-4-3-7-15(16)17;/h3-4,7-8,12,14H,5-6,9-11,18H2,1-2H3;1H. The highest BCUT2D eigenvalue weighted by atomic mass is 35.5. The second-order valence-electron chi connectivity index (χ2n) is 6.13. The fraction of sp³-hybridized carbons (Fsp3) is 0.529. The van der Waals surface area contributed by atoms with Crippen molar-refractivity contribution in [1.82, 2.24) is 4.90 Å². The van der Waals surface area contributed by atoms with Crippen LogP contribution < -0.4 is 5.73 Å². The Bertz CT molecular complexity index is 593. The third-order valence-electron chi connectivity index (χ3n) is 4.57. The number of piperidine rings is 1. The minimum absolute atomic E-state index is 0. The zero-order valence-electron chi connectivity index (χ0n) is 12.8. The molecule has 2 N–H and O–H groups in total. The van der Waals surface area contributed by atoms with Gasteiger partial charge in [-0.2, -0.15) is 0 Å². The summed E-state index contributed by atoms with van der Waals surface area (Å²) in [7, 11) is 0. The Hall–Kier alpha value is -1.03. The number of nitrogens with two attached hydrogens (primary N) is 1. The number of furan rings is 1. The number of para-hydroxylation sites is 1. The second-order valence-corrected chi connectivity index (χ2v) is 6.13. The molecule has 0 spiro atoms. The highest BCUT2D eigenvalue weighted by Gasteiger charge is 2.24. The molecule has 21 heavy (non-hydrogen) atoms. The van der Waals surface area contributed by atoms with Gasteiger partial charge in [-0.15, -0.1) is 12.4 Å². The number of rotatable bonds is 3. The lowest BCUT2D eigenvalue weighted by Gasteiger charge is -2.34. The average molecular weight is 309 g/mol. The Balaban J connectivity index is 0.00000161. The Labute approximate surface area is 132 Å². The number of fused-ring (bicyclic) bond motifs is 1. The van der Waals surface area contributed by atoms with Gasteiger partial charge in [0, 0.05) is 30.1 Å². The highest BCUT2D eigenvalue weighted by molar-refractivity contribution is 5.85. The number of halogens is 1. The Morgan fingerprint density at radius 1 is 1.38 bits per heavy atom. The molecule has 0 bridgehead atoms. The molecule has 1 fully saturated rings. The van der Waals surface area contributed by atoms with Gasteiger partial charge >= 0.3 is 0 Å². The molecule has 0 aliphatic carbocycles. The van der Waals surface area contributed by atoms with Crippen LogP contribution in [0.5, 0.6) is 0 Å². The van der Waals surface area contributed by atoms with Crippen LogP contribution in [0.1, 0.15) is 31.1 Å². The van der Waals surface area contributed by atoms with E-state index in [-0.39, 0.29) is 12.4 Å². The maximum absolute atomic E-state index is 6.08. The van der Waals surface area contributed by atoms with Gasteiger partial charge in [0.25, 0.3) is 0 Å². The summed E-state index contributed by atoms with van der Waals surface area (Å²) in [5, 5.41) is 1.26. The van der Waals surface area contributed by atoms with E-state index in [1.54, 1.807) is 0 Å². The molecule has 4 heteroatoms. The van der Waals surface area contributed by atoms with Gasteiger partial charge in [-0.1, -0.05) is 18.2 Å². The third-order valence-corrected chi connectivity index (χ3v) is 4.57. The van der Waals surface area contributed by atoms with E-state index in [0.29, 0.717) is 12.0 Å². The summed E-state index contributed by atoms with van der Waals surface area (Å²) in [4.78, 5) is 2.53. The lowest BCUT2D eigenvalue weighted by atomic mass is 9.92. The van der Waals surface area contributed by atoms with Crippen molar-refractivity contribution in [3.8, 4) is 0 Å². The van der Waals surface area contributed by atoms with Crippen molar-refractivity contribution in [2.45, 2.75) is 39.3 Å². The first kappa shape index (κ1) is 16.3. The topological polar surface area (TPSA) is 42.4 Å². The van der Waals surface area contributed by atoms with Gasteiger partial charge in [-0.05, 0) is 45.2 Å². The first-order chi connectivity index (χ1) is 9.65. The molecule has 2 unspecified atom stereocenters. The van der Waals surface area contributed by atoms with Crippen molar-refractivity contribution in [3.63, 3.8) is 0 Å². The minimum Gasteiger partial charge on any atom is -0.461 e. The highest BCUT2D eigenvalue weighted by Crippen LogP contribution is 2.28. The molecule has 3 nitrogen and oxygen atoms in total. The van der Waals surface area contributed by atoms with Gasteiger partial charge in [0.1, 0.15) is 11.3 Å². The first-order valence-electron chi connectivity index (χ1n) is 7.60. The molecule has 2 heterocycles. The Morgan fingerprint density at radius 2 is 2.14 bits per heavy atom. The maximum atomic E-state index is 6.08. The van der Waals surface area contributed by atoms with E-state index in [1.165, 1.54) is 30.3 Å². The summed E-state index contributed by atoms with van der Waals surface area (Å²) in [6.07, 6.45) is 2.51. The summed E-state index contributed by atoms with van der Waals surface area (Å²) in [5.74, 6) is 1.68. The van der Waals surface area contributed by atoms with Gasteiger partial charge in [-0.3, -0.25) is 4.90 Å². The van der Waals surface area contributed by atoms with Crippen LogP contribution in [0.15, 0.2) is 28.7 Å². The molecule has 116 valence electrons. The molecule has 0 saturated carbocycles. The first-order valence-corrected chi connectivity index (χ1v) is 7.60. The number of hydrogen-bond donors (Lipinski definition) is 1. The van der Waals surface area contributed by atoms with Crippen LogP contribution >= 0.6 is 12.4 Å². The number of hydrogen-bond acceptors (Lipinski definition) is 3. The summed E-state index contributed by atoms with van der Waals surface area (Å²) >= 11 is 0. The Kier molecular flexibility index (Phi) is 5.31. The maximum Gasteiger partial charge on any atom is 0.134 e. The number of likely N-dealkylation sites (tertiary alicyclic amines) is 1. The van der Waals surface area contributed by atoms with Crippen molar-refractivity contribution >= 4 is 23.4 Å². The van der Waals surface area contributed by atoms with E-state index in [4.69, 9.17) is 10.2 Å². The number of benzene rings is 1. The van der Waals surface area contributed by atoms with Crippen molar-refractivity contribution < 1.29 is 4.42 Å². The number of nitrogens with zero attached hydrogens (tertiary/aromatic N) is 1. The fourth-order valence-electron chi connectivity index (χ4n) is 3.31. The van der Waals surface area contributed by atoms with Crippen molar-refractivity contribution in [2.75, 3.05) is 13.1 Å². The summed E-state index contributed by atoms with van der Waals surface area (Å²) in [5.41, 5.74) is 8.42. The largest absolute Gasteiger partial charge is 0.461 e. The molecular weight excluding hydrogens is 284 g/mol. The van der Waals surface area contributed by atoms with Crippen molar-refractivity contribution in [2.24, 2.45) is 11.7 Å². The molecule has 1 aliphatic heterocycles. The summed E-state index contributed by atoms with van der Waals surface area (Å²) < 4.78 is 5.86. The van der Waals surface area contributed by atoms with Crippen LogP contribution in [0.4, 0.5) is 0 Å². The molecule has 1 aliphatic rings. The Morgan fingerprint density at radius 3 is 2.90 bits per heavy atom. The summed E-state index contributed by atoms with van der Waals surface area (Å²) in [6.45, 7) is 7.46. The molecule has 2 aromatic rings. The van der Waals surface area contributed by atoms with Gasteiger partial charge in [-0.25, -0.2) is 0 Å².